The fourth-order valence-corrected chi connectivity index (χ4v) is 3.51. The molecular weight excluding hydrogens is 366 g/mol. The third kappa shape index (κ3) is 2.78. The number of aromatic nitrogens is 1. The molecule has 1 aliphatic heterocycles. The molecular formula is C13H11BrF2N2O2S. The van der Waals surface area contributed by atoms with Crippen molar-refractivity contribution in [3.8, 4) is 0 Å². The second-order valence-corrected chi connectivity index (χ2v) is 7.19. The van der Waals surface area contributed by atoms with E-state index in [9.17, 15) is 8.78 Å². The van der Waals surface area contributed by atoms with Crippen LogP contribution in [0.4, 0.5) is 8.78 Å². The van der Waals surface area contributed by atoms with E-state index in [0.717, 1.165) is 11.1 Å². The molecule has 0 fully saturated rings. The molecule has 2 aromatic rings. The second kappa shape index (κ2) is 5.24. The van der Waals surface area contributed by atoms with Crippen LogP contribution in [0.2, 0.25) is 0 Å². The number of halogens is 3. The number of rotatable bonds is 2. The molecule has 2 heterocycles. The van der Waals surface area contributed by atoms with Gasteiger partial charge in [0.25, 0.3) is 0 Å². The summed E-state index contributed by atoms with van der Waals surface area (Å²) in [5, 5.41) is 8.66. The van der Waals surface area contributed by atoms with E-state index in [1.807, 2.05) is 13.8 Å². The fourth-order valence-electron chi connectivity index (χ4n) is 2.00. The zero-order chi connectivity index (χ0) is 15.2. The molecule has 1 aliphatic rings. The summed E-state index contributed by atoms with van der Waals surface area (Å²) in [5.74, 6) is -1.56. The number of fused-ring (bicyclic) bond motifs is 1. The molecule has 3 rings (SSSR count). The molecule has 0 bridgehead atoms. The van der Waals surface area contributed by atoms with Gasteiger partial charge in [0.2, 0.25) is 0 Å². The average molecular weight is 377 g/mol. The molecule has 4 nitrogen and oxygen atoms in total. The molecule has 0 atom stereocenters. The molecule has 1 aromatic carbocycles. The Hall–Kier alpha value is -1.15. The third-order valence-corrected chi connectivity index (χ3v) is 4.57. The van der Waals surface area contributed by atoms with Gasteiger partial charge in [0.05, 0.1) is 9.86 Å². The van der Waals surface area contributed by atoms with E-state index in [1.54, 1.807) is 0 Å². The van der Waals surface area contributed by atoms with Gasteiger partial charge in [-0.1, -0.05) is 10.3 Å². The lowest BCUT2D eigenvalue weighted by molar-refractivity contribution is 0.0123. The Morgan fingerprint density at radius 1 is 1.43 bits per heavy atom. The van der Waals surface area contributed by atoms with Gasteiger partial charge in [0, 0.05) is 12.2 Å². The largest absolute Gasteiger partial charge is 0.389 e. The zero-order valence-electron chi connectivity index (χ0n) is 11.2. The molecule has 112 valence electrons. The number of oxime groups is 1. The van der Waals surface area contributed by atoms with Crippen molar-refractivity contribution < 1.29 is 18.1 Å². The van der Waals surface area contributed by atoms with Crippen molar-refractivity contribution in [2.45, 2.75) is 31.6 Å². The van der Waals surface area contributed by atoms with Crippen LogP contribution >= 0.6 is 27.7 Å². The van der Waals surface area contributed by atoms with Crippen molar-refractivity contribution in [2.75, 3.05) is 0 Å². The smallest absolute Gasteiger partial charge is 0.184 e. The van der Waals surface area contributed by atoms with Gasteiger partial charge in [-0.3, -0.25) is 0 Å². The van der Waals surface area contributed by atoms with Crippen molar-refractivity contribution in [3.05, 3.63) is 27.9 Å². The first kappa shape index (κ1) is 14.8. The topological polar surface area (TPSA) is 47.6 Å². The van der Waals surface area contributed by atoms with Crippen LogP contribution in [-0.2, 0) is 10.6 Å². The van der Waals surface area contributed by atoms with Gasteiger partial charge < -0.3 is 9.36 Å². The van der Waals surface area contributed by atoms with Crippen LogP contribution in [0.25, 0.3) is 11.0 Å². The standard InChI is InChI=1S/C13H11BrF2N2O2S/c1-13(2)4-9(18-20-13)21-5-8-10-11(16)7(15)3-6(14)12(10)19-17-8/h3H,4-5H2,1-2H3. The van der Waals surface area contributed by atoms with Crippen LogP contribution in [0.15, 0.2) is 20.2 Å². The monoisotopic (exact) mass is 376 g/mol. The molecule has 8 heteroatoms. The van der Waals surface area contributed by atoms with Crippen molar-refractivity contribution in [3.63, 3.8) is 0 Å². The predicted octanol–water partition coefficient (Wildman–Crippen LogP) is 4.61. The van der Waals surface area contributed by atoms with Gasteiger partial charge in [-0.25, -0.2) is 8.78 Å². The molecule has 0 radical (unpaired) electrons. The third-order valence-electron chi connectivity index (χ3n) is 3.01. The molecule has 0 amide bonds. The molecule has 0 unspecified atom stereocenters. The summed E-state index contributed by atoms with van der Waals surface area (Å²) in [6.45, 7) is 3.86. The summed E-state index contributed by atoms with van der Waals surface area (Å²) in [6, 6.07) is 1.02. The number of nitrogens with zero attached hydrogens (tertiary/aromatic N) is 2. The van der Waals surface area contributed by atoms with E-state index >= 15 is 0 Å². The Bertz CT molecular complexity index is 745. The Labute approximate surface area is 132 Å². The van der Waals surface area contributed by atoms with Crippen molar-refractivity contribution in [1.29, 1.82) is 0 Å². The summed E-state index contributed by atoms with van der Waals surface area (Å²) in [5.41, 5.74) is 0.226. The highest BCUT2D eigenvalue weighted by Gasteiger charge is 2.29. The minimum atomic E-state index is -0.949. The fraction of sp³-hybridized carbons (Fsp3) is 0.385. The van der Waals surface area contributed by atoms with Crippen LogP contribution in [-0.4, -0.2) is 15.8 Å². The maximum Gasteiger partial charge on any atom is 0.184 e. The summed E-state index contributed by atoms with van der Waals surface area (Å²) in [4.78, 5) is 5.25. The van der Waals surface area contributed by atoms with Gasteiger partial charge >= 0.3 is 0 Å². The Morgan fingerprint density at radius 3 is 2.86 bits per heavy atom. The molecule has 0 saturated heterocycles. The first-order valence-electron chi connectivity index (χ1n) is 6.17. The normalized spacial score (nSPS) is 17.1. The zero-order valence-corrected chi connectivity index (χ0v) is 13.6. The van der Waals surface area contributed by atoms with E-state index < -0.39 is 11.6 Å². The molecule has 0 aliphatic carbocycles. The van der Waals surface area contributed by atoms with E-state index in [1.165, 1.54) is 11.8 Å². The number of hydrogen-bond acceptors (Lipinski definition) is 5. The molecule has 0 spiro atoms. The lowest BCUT2D eigenvalue weighted by atomic mass is 10.1. The Morgan fingerprint density at radius 2 is 2.19 bits per heavy atom. The summed E-state index contributed by atoms with van der Waals surface area (Å²) in [7, 11) is 0. The Balaban J connectivity index is 1.86. The first-order valence-corrected chi connectivity index (χ1v) is 7.95. The highest BCUT2D eigenvalue weighted by Crippen LogP contribution is 2.34. The minimum Gasteiger partial charge on any atom is -0.389 e. The van der Waals surface area contributed by atoms with Gasteiger partial charge in [0.1, 0.15) is 16.3 Å². The van der Waals surface area contributed by atoms with Gasteiger partial charge in [0.15, 0.2) is 17.2 Å². The molecule has 1 aromatic heterocycles. The maximum atomic E-state index is 13.9. The van der Waals surface area contributed by atoms with Gasteiger partial charge in [-0.2, -0.15) is 0 Å². The van der Waals surface area contributed by atoms with Crippen LogP contribution in [0.1, 0.15) is 26.0 Å². The summed E-state index contributed by atoms with van der Waals surface area (Å²) >= 11 is 4.51. The van der Waals surface area contributed by atoms with Crippen LogP contribution in [0, 0.1) is 11.6 Å². The lowest BCUT2D eigenvalue weighted by Crippen LogP contribution is -2.18. The van der Waals surface area contributed by atoms with Crippen molar-refractivity contribution >= 4 is 43.7 Å². The van der Waals surface area contributed by atoms with Gasteiger partial charge in [-0.15, -0.1) is 11.8 Å². The van der Waals surface area contributed by atoms with Crippen LogP contribution in [0.5, 0.6) is 0 Å². The van der Waals surface area contributed by atoms with E-state index in [4.69, 9.17) is 9.36 Å². The Kier molecular flexibility index (Phi) is 3.69. The quantitative estimate of drug-likeness (QED) is 0.717. The lowest BCUT2D eigenvalue weighted by Gasteiger charge is -2.12. The predicted molar refractivity (Wildman–Crippen MR) is 80.1 cm³/mol. The van der Waals surface area contributed by atoms with Gasteiger partial charge in [-0.05, 0) is 35.8 Å². The van der Waals surface area contributed by atoms with E-state index in [-0.39, 0.29) is 16.6 Å². The number of benzene rings is 1. The summed E-state index contributed by atoms with van der Waals surface area (Å²) in [6.07, 6.45) is 0.675. The summed E-state index contributed by atoms with van der Waals surface area (Å²) < 4.78 is 32.8. The van der Waals surface area contributed by atoms with E-state index in [2.05, 4.69) is 26.2 Å². The molecule has 0 saturated carbocycles. The molecule has 21 heavy (non-hydrogen) atoms. The highest BCUT2D eigenvalue weighted by atomic mass is 79.9. The second-order valence-electron chi connectivity index (χ2n) is 5.29. The number of hydrogen-bond donors (Lipinski definition) is 0. The first-order chi connectivity index (χ1) is 9.87. The van der Waals surface area contributed by atoms with Crippen LogP contribution < -0.4 is 0 Å². The highest BCUT2D eigenvalue weighted by molar-refractivity contribution is 9.10. The van der Waals surface area contributed by atoms with E-state index in [0.29, 0.717) is 22.3 Å². The van der Waals surface area contributed by atoms with Crippen molar-refractivity contribution in [1.82, 2.24) is 5.16 Å². The number of thioether (sulfide) groups is 1. The SMILES string of the molecule is CC1(C)CC(SCc2noc3c(Br)cc(F)c(F)c23)=NO1. The molecule has 0 N–H and O–H groups in total. The van der Waals surface area contributed by atoms with Crippen molar-refractivity contribution in [2.24, 2.45) is 5.16 Å². The maximum absolute atomic E-state index is 13.9. The minimum absolute atomic E-state index is 0.0631. The average Bonchev–Trinajstić information content (AvgIpc) is 2.97. The van der Waals surface area contributed by atoms with Crippen LogP contribution in [0.3, 0.4) is 0 Å².